The first-order valence-corrected chi connectivity index (χ1v) is 19.6. The van der Waals surface area contributed by atoms with Gasteiger partial charge in [0.15, 0.2) is 0 Å². The van der Waals surface area contributed by atoms with Crippen LogP contribution in [0.5, 0.6) is 0 Å². The van der Waals surface area contributed by atoms with E-state index < -0.39 is 0 Å². The van der Waals surface area contributed by atoms with Gasteiger partial charge in [0.2, 0.25) is 5.95 Å². The topological polar surface area (TPSA) is 34.0 Å². The number of anilines is 2. The summed E-state index contributed by atoms with van der Waals surface area (Å²) in [6, 6.07) is 61.0. The summed E-state index contributed by atoms with van der Waals surface area (Å²) in [6.07, 6.45) is 12.9. The lowest BCUT2D eigenvalue weighted by molar-refractivity contribution is 0.535. The Balaban J connectivity index is 0.929. The molecule has 1 aliphatic carbocycles. The van der Waals surface area contributed by atoms with Gasteiger partial charge in [-0.2, -0.15) is 0 Å². The van der Waals surface area contributed by atoms with Gasteiger partial charge >= 0.3 is 0 Å². The maximum absolute atomic E-state index is 5.03. The van der Waals surface area contributed by atoms with Gasteiger partial charge in [-0.3, -0.25) is 4.90 Å². The molecule has 57 heavy (non-hydrogen) atoms. The van der Waals surface area contributed by atoms with Crippen molar-refractivity contribution in [2.24, 2.45) is 0 Å². The van der Waals surface area contributed by atoms with Crippen molar-refractivity contribution in [3.8, 4) is 50.2 Å². The SMILES string of the molecule is CC12C=CC=CC1c1cc(-c3ccc4c(c3)c3ccccc3n4-c3ccccc3)ccc1N2c1ncc(-c2ccc(-c3ccccc3-c3ccccc3)cc2)cn1. The van der Waals surface area contributed by atoms with E-state index in [1.165, 1.54) is 66.4 Å². The van der Waals surface area contributed by atoms with E-state index in [-0.39, 0.29) is 11.5 Å². The van der Waals surface area contributed by atoms with E-state index in [2.05, 4.69) is 211 Å². The minimum Gasteiger partial charge on any atom is -0.309 e. The molecule has 2 atom stereocenters. The molecule has 1 aliphatic heterocycles. The van der Waals surface area contributed by atoms with E-state index in [1.54, 1.807) is 0 Å². The molecule has 0 saturated carbocycles. The highest BCUT2D eigenvalue weighted by atomic mass is 15.3. The van der Waals surface area contributed by atoms with E-state index in [9.17, 15) is 0 Å². The molecule has 2 aromatic heterocycles. The molecule has 0 spiro atoms. The molecule has 2 unspecified atom stereocenters. The van der Waals surface area contributed by atoms with Gasteiger partial charge in [0.1, 0.15) is 0 Å². The molecular weight excluding hydrogens is 693 g/mol. The van der Waals surface area contributed by atoms with Gasteiger partial charge in [-0.1, -0.05) is 152 Å². The van der Waals surface area contributed by atoms with Crippen LogP contribution < -0.4 is 4.90 Å². The monoisotopic (exact) mass is 730 g/mol. The summed E-state index contributed by atoms with van der Waals surface area (Å²) in [5, 5.41) is 2.50. The Bertz CT molecular complexity index is 3010. The summed E-state index contributed by atoms with van der Waals surface area (Å²) in [5.41, 5.74) is 15.0. The highest BCUT2D eigenvalue weighted by molar-refractivity contribution is 6.10. The number of rotatable bonds is 6. The van der Waals surface area contributed by atoms with Crippen molar-refractivity contribution < 1.29 is 0 Å². The second-order valence-electron chi connectivity index (χ2n) is 15.2. The molecular formula is C53H38N4. The maximum Gasteiger partial charge on any atom is 0.230 e. The van der Waals surface area contributed by atoms with Crippen molar-refractivity contribution in [1.29, 1.82) is 0 Å². The first-order chi connectivity index (χ1) is 28.1. The molecule has 9 aromatic rings. The Kier molecular flexibility index (Phi) is 7.65. The summed E-state index contributed by atoms with van der Waals surface area (Å²) >= 11 is 0. The fraction of sp³-hybridized carbons (Fsp3) is 0.0566. The average molecular weight is 731 g/mol. The van der Waals surface area contributed by atoms with E-state index >= 15 is 0 Å². The molecule has 4 nitrogen and oxygen atoms in total. The van der Waals surface area contributed by atoms with Crippen LogP contribution in [-0.4, -0.2) is 20.1 Å². The van der Waals surface area contributed by atoms with E-state index in [1.807, 2.05) is 12.4 Å². The number of aromatic nitrogens is 3. The molecule has 4 heteroatoms. The smallest absolute Gasteiger partial charge is 0.230 e. The van der Waals surface area contributed by atoms with Crippen molar-refractivity contribution in [3.63, 3.8) is 0 Å². The number of allylic oxidation sites excluding steroid dienone is 2. The highest BCUT2D eigenvalue weighted by Crippen LogP contribution is 2.54. The summed E-state index contributed by atoms with van der Waals surface area (Å²) in [6.45, 7) is 2.30. The van der Waals surface area contributed by atoms with Crippen LogP contribution in [-0.2, 0) is 0 Å². The average Bonchev–Trinajstić information content (AvgIpc) is 3.75. The molecule has 0 radical (unpaired) electrons. The standard InChI is InChI=1S/C53H38N4/c1-53-31-13-12-21-48(53)47-33-40(39-27-29-50-46(32-39)45-20-10-11-22-49(45)56(50)42-16-6-3-7-17-42)28-30-51(47)57(53)52-54-34-41(35-55-52)36-23-25-38(26-24-36)44-19-9-8-18-43(44)37-14-4-2-5-15-37/h2-35,48H,1H3. The minimum absolute atomic E-state index is 0.149. The van der Waals surface area contributed by atoms with E-state index in [0.717, 1.165) is 16.8 Å². The predicted molar refractivity (Wildman–Crippen MR) is 236 cm³/mol. The minimum atomic E-state index is -0.349. The summed E-state index contributed by atoms with van der Waals surface area (Å²) in [7, 11) is 0. The molecule has 0 fully saturated rings. The summed E-state index contributed by atoms with van der Waals surface area (Å²) in [5.74, 6) is 0.844. The van der Waals surface area contributed by atoms with Gasteiger partial charge < -0.3 is 4.57 Å². The second kappa shape index (κ2) is 13.2. The lowest BCUT2D eigenvalue weighted by atomic mass is 9.80. The quantitative estimate of drug-likeness (QED) is 0.171. The Hall–Kier alpha value is -7.30. The number of para-hydroxylation sites is 2. The molecule has 270 valence electrons. The fourth-order valence-electron chi connectivity index (χ4n) is 9.17. The molecule has 0 saturated heterocycles. The lowest BCUT2D eigenvalue weighted by Gasteiger charge is -2.37. The third-order valence-electron chi connectivity index (χ3n) is 12.0. The van der Waals surface area contributed by atoms with Crippen molar-refractivity contribution in [1.82, 2.24) is 14.5 Å². The van der Waals surface area contributed by atoms with Crippen LogP contribution in [0.25, 0.3) is 72.0 Å². The number of hydrogen-bond acceptors (Lipinski definition) is 3. The summed E-state index contributed by atoms with van der Waals surface area (Å²) in [4.78, 5) is 12.4. The molecule has 3 heterocycles. The second-order valence-corrected chi connectivity index (χ2v) is 15.2. The molecule has 11 rings (SSSR count). The number of benzene rings is 7. The number of hydrogen-bond donors (Lipinski definition) is 0. The Labute approximate surface area is 332 Å². The van der Waals surface area contributed by atoms with Gasteiger partial charge in [0.25, 0.3) is 0 Å². The van der Waals surface area contributed by atoms with Crippen LogP contribution in [0, 0.1) is 0 Å². The van der Waals surface area contributed by atoms with Gasteiger partial charge in [-0.15, -0.1) is 0 Å². The van der Waals surface area contributed by atoms with Crippen LogP contribution in [0.1, 0.15) is 18.4 Å². The molecule has 0 amide bonds. The molecule has 0 bridgehead atoms. The summed E-state index contributed by atoms with van der Waals surface area (Å²) < 4.78 is 2.37. The van der Waals surface area contributed by atoms with Gasteiger partial charge in [0.05, 0.1) is 16.6 Å². The van der Waals surface area contributed by atoms with Crippen molar-refractivity contribution in [3.05, 3.63) is 212 Å². The number of nitrogens with zero attached hydrogens (tertiary/aromatic N) is 4. The van der Waals surface area contributed by atoms with Crippen LogP contribution >= 0.6 is 0 Å². The Morgan fingerprint density at radius 1 is 0.491 bits per heavy atom. The van der Waals surface area contributed by atoms with E-state index in [4.69, 9.17) is 9.97 Å². The van der Waals surface area contributed by atoms with Crippen molar-refractivity contribution in [2.45, 2.75) is 18.4 Å². The van der Waals surface area contributed by atoms with E-state index in [0.29, 0.717) is 5.95 Å². The predicted octanol–water partition coefficient (Wildman–Crippen LogP) is 13.4. The zero-order valence-corrected chi connectivity index (χ0v) is 31.5. The van der Waals surface area contributed by atoms with Crippen LogP contribution in [0.2, 0.25) is 0 Å². The molecule has 2 aliphatic rings. The third-order valence-corrected chi connectivity index (χ3v) is 12.0. The number of fused-ring (bicyclic) bond motifs is 6. The Morgan fingerprint density at radius 2 is 1.09 bits per heavy atom. The first kappa shape index (κ1) is 33.1. The maximum atomic E-state index is 5.03. The lowest BCUT2D eigenvalue weighted by Crippen LogP contribution is -2.42. The fourth-order valence-corrected chi connectivity index (χ4v) is 9.17. The van der Waals surface area contributed by atoms with Crippen LogP contribution in [0.3, 0.4) is 0 Å². The molecule has 0 N–H and O–H groups in total. The van der Waals surface area contributed by atoms with Gasteiger partial charge in [-0.25, -0.2) is 9.97 Å². The highest BCUT2D eigenvalue weighted by Gasteiger charge is 2.48. The van der Waals surface area contributed by atoms with Crippen LogP contribution in [0.4, 0.5) is 11.6 Å². The van der Waals surface area contributed by atoms with Gasteiger partial charge in [-0.05, 0) is 93.9 Å². The zero-order chi connectivity index (χ0) is 37.9. The Morgan fingerprint density at radius 3 is 1.86 bits per heavy atom. The van der Waals surface area contributed by atoms with Crippen molar-refractivity contribution >= 4 is 33.4 Å². The third kappa shape index (κ3) is 5.37. The van der Waals surface area contributed by atoms with Gasteiger partial charge in [0, 0.05) is 46.0 Å². The largest absolute Gasteiger partial charge is 0.309 e. The normalized spacial score (nSPS) is 16.9. The van der Waals surface area contributed by atoms with Crippen LogP contribution in [0.15, 0.2) is 207 Å². The first-order valence-electron chi connectivity index (χ1n) is 19.6. The molecule has 7 aromatic carbocycles. The van der Waals surface area contributed by atoms with Crippen molar-refractivity contribution in [2.75, 3.05) is 4.90 Å². The zero-order valence-electron chi connectivity index (χ0n) is 31.5.